The molecule has 1 saturated heterocycles. The zero-order valence-corrected chi connectivity index (χ0v) is 25.9. The van der Waals surface area contributed by atoms with Crippen molar-refractivity contribution in [3.05, 3.63) is 101 Å². The van der Waals surface area contributed by atoms with E-state index in [0.717, 1.165) is 40.1 Å². The molecule has 0 radical (unpaired) electrons. The molecule has 1 unspecified atom stereocenters. The third kappa shape index (κ3) is 7.86. The van der Waals surface area contributed by atoms with Crippen molar-refractivity contribution in [2.75, 3.05) is 32.5 Å². The smallest absolute Gasteiger partial charge is 0.416 e. The maximum atomic E-state index is 13.1. The fraction of sp³-hybridized carbons (Fsp3) is 0.333. The summed E-state index contributed by atoms with van der Waals surface area (Å²) < 4.78 is 46.0. The van der Waals surface area contributed by atoms with Gasteiger partial charge in [0.25, 0.3) is 5.91 Å². The number of hydrogen-bond acceptors (Lipinski definition) is 6. The van der Waals surface area contributed by atoms with E-state index in [1.54, 1.807) is 28.7 Å². The number of nitrogens with zero attached hydrogens (tertiary/aromatic N) is 5. The summed E-state index contributed by atoms with van der Waals surface area (Å²) >= 11 is 1.54. The highest BCUT2D eigenvalue weighted by Gasteiger charge is 2.32. The second kappa shape index (κ2) is 14.2. The molecule has 45 heavy (non-hydrogen) atoms. The van der Waals surface area contributed by atoms with Gasteiger partial charge in [-0.3, -0.25) is 14.2 Å². The van der Waals surface area contributed by atoms with Crippen molar-refractivity contribution in [3.8, 4) is 11.4 Å². The predicted molar refractivity (Wildman–Crippen MR) is 166 cm³/mol. The van der Waals surface area contributed by atoms with Crippen molar-refractivity contribution in [3.63, 3.8) is 0 Å². The summed E-state index contributed by atoms with van der Waals surface area (Å²) in [5, 5.41) is 9.70. The van der Waals surface area contributed by atoms with Crippen molar-refractivity contribution in [1.82, 2.24) is 24.6 Å². The molecule has 8 nitrogen and oxygen atoms in total. The second-order valence-electron chi connectivity index (χ2n) is 10.8. The molecule has 2 amide bonds. The highest BCUT2D eigenvalue weighted by molar-refractivity contribution is 7.99. The number of alkyl halides is 3. The van der Waals surface area contributed by atoms with Crippen LogP contribution in [0.25, 0.3) is 5.69 Å². The van der Waals surface area contributed by atoms with Crippen LogP contribution in [0.1, 0.15) is 47.1 Å². The van der Waals surface area contributed by atoms with Gasteiger partial charge >= 0.3 is 6.18 Å². The highest BCUT2D eigenvalue weighted by Crippen LogP contribution is 2.30. The molecule has 12 heteroatoms. The molecule has 1 aliphatic heterocycles. The van der Waals surface area contributed by atoms with Crippen LogP contribution in [-0.4, -0.2) is 74.9 Å². The first kappa shape index (κ1) is 32.1. The largest absolute Gasteiger partial charge is 0.497 e. The summed E-state index contributed by atoms with van der Waals surface area (Å²) in [5.41, 5.74) is 1.44. The topological polar surface area (TPSA) is 80.6 Å². The number of methoxy groups -OCH3 is 1. The zero-order valence-electron chi connectivity index (χ0n) is 25.0. The van der Waals surface area contributed by atoms with Gasteiger partial charge in [0, 0.05) is 55.5 Å². The first-order valence-corrected chi connectivity index (χ1v) is 15.6. The molecule has 0 N–H and O–H groups in total. The van der Waals surface area contributed by atoms with E-state index in [1.807, 2.05) is 54.0 Å². The number of benzene rings is 3. The van der Waals surface area contributed by atoms with Gasteiger partial charge in [0.15, 0.2) is 5.16 Å². The second-order valence-corrected chi connectivity index (χ2v) is 11.9. The highest BCUT2D eigenvalue weighted by atomic mass is 32.2. The number of amides is 2. The fourth-order valence-corrected chi connectivity index (χ4v) is 6.19. The molecule has 0 spiro atoms. The molecule has 3 aromatic carbocycles. The van der Waals surface area contributed by atoms with E-state index < -0.39 is 11.7 Å². The van der Waals surface area contributed by atoms with Crippen molar-refractivity contribution in [1.29, 1.82) is 0 Å². The van der Waals surface area contributed by atoms with Gasteiger partial charge in [-0.15, -0.1) is 10.2 Å². The van der Waals surface area contributed by atoms with Gasteiger partial charge in [-0.05, 0) is 67.4 Å². The molecule has 4 aromatic rings. The van der Waals surface area contributed by atoms with E-state index in [2.05, 4.69) is 22.3 Å². The zero-order chi connectivity index (χ0) is 32.0. The van der Waals surface area contributed by atoms with Crippen LogP contribution >= 0.6 is 11.8 Å². The van der Waals surface area contributed by atoms with Crippen LogP contribution in [-0.2, 0) is 17.4 Å². The molecule has 0 aliphatic carbocycles. The number of aromatic nitrogens is 3. The number of rotatable bonds is 10. The Bertz CT molecular complexity index is 1590. The SMILES string of the molecule is COc1ccc(-n2c(Cc3ccccc3)nnc2SCCCC(=O)N2CCN(C(=O)c3ccc(C(F)(F)F)cc3)C(C)C2)cc1. The van der Waals surface area contributed by atoms with Gasteiger partial charge in [-0.1, -0.05) is 42.1 Å². The van der Waals surface area contributed by atoms with Gasteiger partial charge in [-0.2, -0.15) is 13.2 Å². The summed E-state index contributed by atoms with van der Waals surface area (Å²) in [6.45, 7) is 2.90. The first-order chi connectivity index (χ1) is 21.6. The third-order valence-electron chi connectivity index (χ3n) is 7.70. The van der Waals surface area contributed by atoms with E-state index in [1.165, 1.54) is 12.1 Å². The molecule has 2 heterocycles. The number of carbonyl (C=O) groups is 2. The standard InChI is InChI=1S/C33H34F3N5O3S/c1-23-22-39(18-19-40(23)31(43)25-10-12-26(13-11-25)33(34,35)36)30(42)9-6-20-45-32-38-37-29(21-24-7-4-3-5-8-24)41(32)27-14-16-28(44-2)17-15-27/h3-5,7-8,10-17,23H,6,9,18-22H2,1-2H3. The lowest BCUT2D eigenvalue weighted by molar-refractivity contribution is -0.137. The van der Waals surface area contributed by atoms with Gasteiger partial charge in [0.2, 0.25) is 5.91 Å². The minimum Gasteiger partial charge on any atom is -0.497 e. The van der Waals surface area contributed by atoms with Crippen LogP contribution in [0.4, 0.5) is 13.2 Å². The number of hydrogen-bond donors (Lipinski definition) is 0. The van der Waals surface area contributed by atoms with Crippen molar-refractivity contribution >= 4 is 23.6 Å². The van der Waals surface area contributed by atoms with E-state index in [0.29, 0.717) is 44.6 Å². The minimum atomic E-state index is -4.46. The number of piperazine rings is 1. The molecule has 1 aromatic heterocycles. The molecule has 0 saturated carbocycles. The van der Waals surface area contributed by atoms with Crippen LogP contribution < -0.4 is 4.74 Å². The fourth-order valence-electron chi connectivity index (χ4n) is 5.28. The maximum absolute atomic E-state index is 13.1. The predicted octanol–water partition coefficient (Wildman–Crippen LogP) is 6.13. The van der Waals surface area contributed by atoms with Crippen LogP contribution in [0.5, 0.6) is 5.75 Å². The normalized spacial score (nSPS) is 15.3. The summed E-state index contributed by atoms with van der Waals surface area (Å²) in [4.78, 5) is 29.4. The number of halogens is 3. The van der Waals surface area contributed by atoms with Crippen LogP contribution in [0.2, 0.25) is 0 Å². The number of ether oxygens (including phenoxy) is 1. The summed E-state index contributed by atoms with van der Waals surface area (Å²) in [6.07, 6.45) is -2.87. The summed E-state index contributed by atoms with van der Waals surface area (Å²) in [7, 11) is 1.63. The molecule has 1 fully saturated rings. The average molecular weight is 638 g/mol. The summed E-state index contributed by atoms with van der Waals surface area (Å²) in [6, 6.07) is 21.8. The Kier molecular flexibility index (Phi) is 10.1. The molecular weight excluding hydrogens is 603 g/mol. The minimum absolute atomic E-state index is 0.00506. The van der Waals surface area contributed by atoms with Crippen molar-refractivity contribution < 1.29 is 27.5 Å². The Morgan fingerprint density at radius 2 is 1.67 bits per heavy atom. The average Bonchev–Trinajstić information content (AvgIpc) is 3.44. The van der Waals surface area contributed by atoms with Gasteiger partial charge < -0.3 is 14.5 Å². The monoisotopic (exact) mass is 637 g/mol. The van der Waals surface area contributed by atoms with Gasteiger partial charge in [-0.25, -0.2) is 0 Å². The van der Waals surface area contributed by atoms with E-state index in [-0.39, 0.29) is 23.4 Å². The third-order valence-corrected chi connectivity index (χ3v) is 8.72. The molecule has 0 bridgehead atoms. The molecule has 5 rings (SSSR count). The Hall–Kier alpha value is -4.32. The van der Waals surface area contributed by atoms with Crippen LogP contribution in [0.15, 0.2) is 84.0 Å². The maximum Gasteiger partial charge on any atom is 0.416 e. The molecular formula is C33H34F3N5O3S. The Morgan fingerprint density at radius 3 is 2.31 bits per heavy atom. The van der Waals surface area contributed by atoms with Crippen LogP contribution in [0, 0.1) is 0 Å². The van der Waals surface area contributed by atoms with Crippen molar-refractivity contribution in [2.24, 2.45) is 0 Å². The lowest BCUT2D eigenvalue weighted by atomic mass is 10.1. The van der Waals surface area contributed by atoms with Crippen LogP contribution in [0.3, 0.4) is 0 Å². The number of thioether (sulfide) groups is 1. The van der Waals surface area contributed by atoms with E-state index >= 15 is 0 Å². The van der Waals surface area contributed by atoms with E-state index in [9.17, 15) is 22.8 Å². The van der Waals surface area contributed by atoms with Gasteiger partial charge in [0.1, 0.15) is 11.6 Å². The lowest BCUT2D eigenvalue weighted by Crippen LogP contribution is -2.55. The van der Waals surface area contributed by atoms with Crippen molar-refractivity contribution in [2.45, 2.75) is 43.6 Å². The Morgan fingerprint density at radius 1 is 0.956 bits per heavy atom. The Balaban J connectivity index is 1.15. The molecule has 236 valence electrons. The van der Waals surface area contributed by atoms with Gasteiger partial charge in [0.05, 0.1) is 12.7 Å². The molecule has 1 atom stereocenters. The first-order valence-electron chi connectivity index (χ1n) is 14.7. The van der Waals surface area contributed by atoms with E-state index in [4.69, 9.17) is 4.74 Å². The molecule has 1 aliphatic rings. The quantitative estimate of drug-likeness (QED) is 0.154. The number of carbonyl (C=O) groups excluding carboxylic acids is 2. The Labute approximate surface area is 264 Å². The summed E-state index contributed by atoms with van der Waals surface area (Å²) in [5.74, 6) is 1.89. The lowest BCUT2D eigenvalue weighted by Gasteiger charge is -2.40.